The standard InChI is InChI=1S/C25H32BrN5O2/c1-16-12-21(32)23-22(16)24(29-15-28-23)30-8-10-31(11-9-30)25(33)20(14-27-13-17-2-3-17)18-4-6-19(26)7-5-18/h4-7,15-17,20-21,27,32H,2-3,8-14H2,1H3/t16-,20-,21+/m1/s1. The number of anilines is 1. The molecule has 1 saturated carbocycles. The molecule has 0 spiro atoms. The van der Waals surface area contributed by atoms with Crippen LogP contribution < -0.4 is 10.2 Å². The normalized spacial score (nSPS) is 23.5. The summed E-state index contributed by atoms with van der Waals surface area (Å²) in [5.41, 5.74) is 2.90. The number of aromatic nitrogens is 2. The summed E-state index contributed by atoms with van der Waals surface area (Å²) in [6.07, 6.45) is 4.35. The maximum Gasteiger partial charge on any atom is 0.231 e. The average Bonchev–Trinajstić information content (AvgIpc) is 3.61. The summed E-state index contributed by atoms with van der Waals surface area (Å²) < 4.78 is 1.02. The van der Waals surface area contributed by atoms with E-state index in [-0.39, 0.29) is 17.7 Å². The van der Waals surface area contributed by atoms with Gasteiger partial charge >= 0.3 is 0 Å². The number of hydrogen-bond acceptors (Lipinski definition) is 6. The van der Waals surface area contributed by atoms with Gasteiger partial charge in [-0.05, 0) is 55.3 Å². The van der Waals surface area contributed by atoms with Gasteiger partial charge in [0.25, 0.3) is 0 Å². The summed E-state index contributed by atoms with van der Waals surface area (Å²) in [6.45, 7) is 6.61. The molecule has 1 aromatic carbocycles. The van der Waals surface area contributed by atoms with Gasteiger partial charge in [0.1, 0.15) is 12.1 Å². The highest BCUT2D eigenvalue weighted by Crippen LogP contribution is 2.42. The van der Waals surface area contributed by atoms with E-state index >= 15 is 0 Å². The van der Waals surface area contributed by atoms with E-state index < -0.39 is 6.10 Å². The molecule has 2 aromatic rings. The summed E-state index contributed by atoms with van der Waals surface area (Å²) in [5.74, 6) is 1.96. The van der Waals surface area contributed by atoms with E-state index in [0.717, 1.165) is 52.7 Å². The van der Waals surface area contributed by atoms with Gasteiger partial charge in [0, 0.05) is 42.8 Å². The lowest BCUT2D eigenvalue weighted by molar-refractivity contribution is -0.133. The number of hydrogen-bond donors (Lipinski definition) is 2. The lowest BCUT2D eigenvalue weighted by Gasteiger charge is -2.38. The molecule has 2 aliphatic carbocycles. The van der Waals surface area contributed by atoms with Gasteiger partial charge in [-0.1, -0.05) is 35.0 Å². The predicted molar refractivity (Wildman–Crippen MR) is 131 cm³/mol. The van der Waals surface area contributed by atoms with Gasteiger partial charge in [-0.25, -0.2) is 9.97 Å². The first-order valence-electron chi connectivity index (χ1n) is 12.0. The van der Waals surface area contributed by atoms with E-state index in [4.69, 9.17) is 0 Å². The lowest BCUT2D eigenvalue weighted by atomic mass is 9.97. The zero-order valence-corrected chi connectivity index (χ0v) is 20.7. The van der Waals surface area contributed by atoms with Crippen molar-refractivity contribution >= 4 is 27.7 Å². The van der Waals surface area contributed by atoms with Gasteiger partial charge in [0.05, 0.1) is 17.7 Å². The molecule has 3 aliphatic rings. The number of piperazine rings is 1. The maximum absolute atomic E-state index is 13.6. The van der Waals surface area contributed by atoms with Crippen LogP contribution in [0.5, 0.6) is 0 Å². The first-order chi connectivity index (χ1) is 16.0. The summed E-state index contributed by atoms with van der Waals surface area (Å²) in [6, 6.07) is 8.14. The monoisotopic (exact) mass is 513 g/mol. The van der Waals surface area contributed by atoms with E-state index in [0.29, 0.717) is 26.1 Å². The fourth-order valence-corrected chi connectivity index (χ4v) is 5.37. The van der Waals surface area contributed by atoms with Crippen LogP contribution in [0, 0.1) is 5.92 Å². The first kappa shape index (κ1) is 22.7. The van der Waals surface area contributed by atoms with Crippen molar-refractivity contribution in [2.75, 3.05) is 44.2 Å². The minimum Gasteiger partial charge on any atom is -0.387 e. The molecule has 7 nitrogen and oxygen atoms in total. The molecule has 2 fully saturated rings. The third-order valence-electron chi connectivity index (χ3n) is 7.22. The fraction of sp³-hybridized carbons (Fsp3) is 0.560. The molecule has 176 valence electrons. The Morgan fingerprint density at radius 3 is 2.61 bits per heavy atom. The smallest absolute Gasteiger partial charge is 0.231 e. The molecule has 1 saturated heterocycles. The molecule has 5 rings (SSSR count). The Hall–Kier alpha value is -2.03. The highest BCUT2D eigenvalue weighted by atomic mass is 79.9. The molecule has 8 heteroatoms. The van der Waals surface area contributed by atoms with E-state index in [1.54, 1.807) is 6.33 Å². The summed E-state index contributed by atoms with van der Waals surface area (Å²) in [5, 5.41) is 13.9. The molecule has 0 bridgehead atoms. The minimum absolute atomic E-state index is 0.179. The van der Waals surface area contributed by atoms with E-state index in [1.165, 1.54) is 12.8 Å². The second-order valence-electron chi connectivity index (χ2n) is 9.67. The van der Waals surface area contributed by atoms with Gasteiger partial charge in [0.15, 0.2) is 0 Å². The molecule has 1 aromatic heterocycles. The number of aliphatic hydroxyl groups excluding tert-OH is 1. The summed E-state index contributed by atoms with van der Waals surface area (Å²) >= 11 is 3.50. The summed E-state index contributed by atoms with van der Waals surface area (Å²) in [4.78, 5) is 26.8. The predicted octanol–water partition coefficient (Wildman–Crippen LogP) is 3.21. The Morgan fingerprint density at radius 1 is 1.18 bits per heavy atom. The number of nitrogens with one attached hydrogen (secondary N) is 1. The molecule has 3 atom stereocenters. The molecular formula is C25H32BrN5O2. The molecule has 0 unspecified atom stereocenters. The van der Waals surface area contributed by atoms with Gasteiger partial charge < -0.3 is 20.2 Å². The highest BCUT2D eigenvalue weighted by Gasteiger charge is 2.35. The number of carbonyl (C=O) groups is 1. The number of halogens is 1. The Kier molecular flexibility index (Phi) is 6.67. The molecule has 1 aliphatic heterocycles. The van der Waals surface area contributed by atoms with Crippen LogP contribution in [0.25, 0.3) is 0 Å². The molecule has 2 N–H and O–H groups in total. The van der Waals surface area contributed by atoms with Crippen LogP contribution in [0.1, 0.15) is 60.9 Å². The van der Waals surface area contributed by atoms with Crippen molar-refractivity contribution in [2.45, 2.75) is 44.1 Å². The first-order valence-corrected chi connectivity index (χ1v) is 12.8. The van der Waals surface area contributed by atoms with Crippen LogP contribution in [-0.2, 0) is 4.79 Å². The van der Waals surface area contributed by atoms with Crippen molar-refractivity contribution in [1.82, 2.24) is 20.2 Å². The van der Waals surface area contributed by atoms with Gasteiger partial charge in [-0.2, -0.15) is 0 Å². The average molecular weight is 514 g/mol. The zero-order chi connectivity index (χ0) is 22.9. The van der Waals surface area contributed by atoms with Crippen molar-refractivity contribution in [3.63, 3.8) is 0 Å². The number of nitrogens with zero attached hydrogens (tertiary/aromatic N) is 4. The second kappa shape index (κ2) is 9.68. The number of aliphatic hydroxyl groups is 1. The molecule has 1 amide bonds. The molecular weight excluding hydrogens is 482 g/mol. The van der Waals surface area contributed by atoms with Crippen LogP contribution >= 0.6 is 15.9 Å². The number of rotatable bonds is 7. The van der Waals surface area contributed by atoms with Crippen LogP contribution in [0.3, 0.4) is 0 Å². The van der Waals surface area contributed by atoms with Gasteiger partial charge in [-0.3, -0.25) is 4.79 Å². The number of benzene rings is 1. The highest BCUT2D eigenvalue weighted by molar-refractivity contribution is 9.10. The maximum atomic E-state index is 13.6. The van der Waals surface area contributed by atoms with Crippen molar-refractivity contribution in [3.8, 4) is 0 Å². The quantitative estimate of drug-likeness (QED) is 0.591. The second-order valence-corrected chi connectivity index (χ2v) is 10.6. The number of carbonyl (C=O) groups excluding carboxylic acids is 1. The minimum atomic E-state index is -0.505. The summed E-state index contributed by atoms with van der Waals surface area (Å²) in [7, 11) is 0. The zero-order valence-electron chi connectivity index (χ0n) is 19.1. The SMILES string of the molecule is C[C@@H]1C[C@H](O)c2ncnc(N3CCN(C(=O)[C@H](CNCC4CC4)c4ccc(Br)cc4)CC3)c21. The largest absolute Gasteiger partial charge is 0.387 e. The molecule has 33 heavy (non-hydrogen) atoms. The van der Waals surface area contributed by atoms with Crippen LogP contribution in [0.4, 0.5) is 5.82 Å². The van der Waals surface area contributed by atoms with Gasteiger partial charge in [-0.15, -0.1) is 0 Å². The van der Waals surface area contributed by atoms with Gasteiger partial charge in [0.2, 0.25) is 5.91 Å². The lowest BCUT2D eigenvalue weighted by Crippen LogP contribution is -2.51. The van der Waals surface area contributed by atoms with E-state index in [9.17, 15) is 9.90 Å². The van der Waals surface area contributed by atoms with Crippen LogP contribution in [0.2, 0.25) is 0 Å². The molecule has 2 heterocycles. The van der Waals surface area contributed by atoms with Crippen LogP contribution in [-0.4, -0.2) is 65.2 Å². The number of amides is 1. The van der Waals surface area contributed by atoms with E-state index in [1.807, 2.05) is 17.0 Å². The topological polar surface area (TPSA) is 81.6 Å². The molecule has 0 radical (unpaired) electrons. The third kappa shape index (κ3) is 4.93. The number of fused-ring (bicyclic) bond motifs is 1. The van der Waals surface area contributed by atoms with Crippen molar-refractivity contribution in [2.24, 2.45) is 5.92 Å². The third-order valence-corrected chi connectivity index (χ3v) is 7.75. The van der Waals surface area contributed by atoms with Crippen molar-refractivity contribution < 1.29 is 9.90 Å². The fourth-order valence-electron chi connectivity index (χ4n) is 5.11. The van der Waals surface area contributed by atoms with Crippen LogP contribution in [0.15, 0.2) is 35.1 Å². The van der Waals surface area contributed by atoms with Crippen molar-refractivity contribution in [3.05, 3.63) is 51.9 Å². The van der Waals surface area contributed by atoms with Crippen molar-refractivity contribution in [1.29, 1.82) is 0 Å². The Bertz CT molecular complexity index is 989. The Balaban J connectivity index is 1.27. The van der Waals surface area contributed by atoms with E-state index in [2.05, 4.69) is 55.2 Å². The Morgan fingerprint density at radius 2 is 1.91 bits per heavy atom. The Labute approximate surface area is 203 Å².